The van der Waals surface area contributed by atoms with Crippen molar-refractivity contribution in [2.75, 3.05) is 13.1 Å². The van der Waals surface area contributed by atoms with Crippen molar-refractivity contribution < 1.29 is 22.8 Å². The number of carbonyl (C=O) groups excluding carboxylic acids is 2. The molecule has 4 nitrogen and oxygen atoms in total. The van der Waals surface area contributed by atoms with Gasteiger partial charge in [-0.15, -0.1) is 0 Å². The smallest absolute Gasteiger partial charge is 0.343 e. The summed E-state index contributed by atoms with van der Waals surface area (Å²) in [6.45, 7) is 0.865. The van der Waals surface area contributed by atoms with Gasteiger partial charge in [0.15, 0.2) is 0 Å². The minimum absolute atomic E-state index is 0.0654. The third kappa shape index (κ3) is 5.38. The lowest BCUT2D eigenvalue weighted by molar-refractivity contribution is -0.137. The lowest BCUT2D eigenvalue weighted by Crippen LogP contribution is -2.42. The van der Waals surface area contributed by atoms with E-state index in [-0.39, 0.29) is 23.0 Å². The Labute approximate surface area is 171 Å². The number of alkyl halides is 3. The van der Waals surface area contributed by atoms with Gasteiger partial charge in [-0.2, -0.15) is 13.2 Å². The zero-order valence-electron chi connectivity index (χ0n) is 15.3. The Hall–Kier alpha value is -2.80. The van der Waals surface area contributed by atoms with Crippen LogP contribution in [0.25, 0.3) is 6.08 Å². The molecule has 8 heteroatoms. The number of amides is 2. The second kappa shape index (κ2) is 8.69. The van der Waals surface area contributed by atoms with Crippen LogP contribution in [0.4, 0.5) is 13.2 Å². The summed E-state index contributed by atoms with van der Waals surface area (Å²) in [5.41, 5.74) is 1.50. The van der Waals surface area contributed by atoms with Crippen molar-refractivity contribution in [3.63, 3.8) is 0 Å². The molecule has 152 valence electrons. The SMILES string of the molecule is O=C(/C=C/c1cc(C(F)(F)F)ccc1Cl)NCC(=O)N1CCc2ccccc2C1. The average Bonchev–Trinajstić information content (AvgIpc) is 2.70. The first-order valence-corrected chi connectivity index (χ1v) is 9.29. The van der Waals surface area contributed by atoms with Gasteiger partial charge in [-0.05, 0) is 47.4 Å². The summed E-state index contributed by atoms with van der Waals surface area (Å²) >= 11 is 5.89. The standard InChI is InChI=1S/C21H18ClF3N2O2/c22-18-7-6-17(21(23,24)25)11-15(18)5-8-19(28)26-12-20(29)27-10-9-14-3-1-2-4-16(14)13-27/h1-8,11H,9-10,12-13H2,(H,26,28)/b8-5+. The molecule has 0 spiro atoms. The first-order valence-electron chi connectivity index (χ1n) is 8.91. The van der Waals surface area contributed by atoms with E-state index < -0.39 is 17.6 Å². The largest absolute Gasteiger partial charge is 0.416 e. The van der Waals surface area contributed by atoms with E-state index in [0.717, 1.165) is 36.3 Å². The molecule has 0 aliphatic carbocycles. The van der Waals surface area contributed by atoms with Crippen LogP contribution in [0.3, 0.4) is 0 Å². The molecular formula is C21H18ClF3N2O2. The van der Waals surface area contributed by atoms with E-state index in [1.807, 2.05) is 24.3 Å². The van der Waals surface area contributed by atoms with Gasteiger partial charge in [0.2, 0.25) is 11.8 Å². The summed E-state index contributed by atoms with van der Waals surface area (Å²) in [6, 6.07) is 10.7. The molecule has 0 fully saturated rings. The molecule has 0 unspecified atom stereocenters. The van der Waals surface area contributed by atoms with Gasteiger partial charge in [0.1, 0.15) is 0 Å². The summed E-state index contributed by atoms with van der Waals surface area (Å²) in [5.74, 6) is -0.817. The molecule has 2 aromatic rings. The molecule has 0 atom stereocenters. The highest BCUT2D eigenvalue weighted by Crippen LogP contribution is 2.32. The van der Waals surface area contributed by atoms with Gasteiger partial charge in [0.05, 0.1) is 12.1 Å². The second-order valence-corrected chi connectivity index (χ2v) is 7.03. The predicted octanol–water partition coefficient (Wildman–Crippen LogP) is 4.07. The van der Waals surface area contributed by atoms with Crippen LogP contribution in [0, 0.1) is 0 Å². The Balaban J connectivity index is 1.56. The van der Waals surface area contributed by atoms with E-state index in [0.29, 0.717) is 13.1 Å². The third-order valence-corrected chi connectivity index (χ3v) is 4.98. The van der Waals surface area contributed by atoms with Crippen molar-refractivity contribution >= 4 is 29.5 Å². The maximum atomic E-state index is 12.8. The lowest BCUT2D eigenvalue weighted by atomic mass is 10.00. The molecule has 0 bridgehead atoms. The Morgan fingerprint density at radius 2 is 1.86 bits per heavy atom. The van der Waals surface area contributed by atoms with Crippen LogP contribution in [-0.4, -0.2) is 29.8 Å². The third-order valence-electron chi connectivity index (χ3n) is 4.63. The van der Waals surface area contributed by atoms with Crippen molar-refractivity contribution in [3.05, 3.63) is 75.8 Å². The molecule has 0 saturated carbocycles. The van der Waals surface area contributed by atoms with Gasteiger partial charge < -0.3 is 10.2 Å². The zero-order chi connectivity index (χ0) is 21.0. The van der Waals surface area contributed by atoms with Gasteiger partial charge >= 0.3 is 6.18 Å². The molecule has 1 N–H and O–H groups in total. The highest BCUT2D eigenvalue weighted by Gasteiger charge is 2.30. The van der Waals surface area contributed by atoms with Crippen molar-refractivity contribution in [3.8, 4) is 0 Å². The summed E-state index contributed by atoms with van der Waals surface area (Å²) in [4.78, 5) is 26.0. The predicted molar refractivity (Wildman–Crippen MR) is 104 cm³/mol. The monoisotopic (exact) mass is 422 g/mol. The van der Waals surface area contributed by atoms with Crippen LogP contribution in [0.5, 0.6) is 0 Å². The summed E-state index contributed by atoms with van der Waals surface area (Å²) in [6.07, 6.45) is -1.51. The highest BCUT2D eigenvalue weighted by atomic mass is 35.5. The van der Waals surface area contributed by atoms with Crippen LogP contribution in [0.1, 0.15) is 22.3 Å². The van der Waals surface area contributed by atoms with Crippen molar-refractivity contribution in [2.24, 2.45) is 0 Å². The molecule has 1 aliphatic rings. The molecule has 1 heterocycles. The number of benzene rings is 2. The van der Waals surface area contributed by atoms with E-state index in [1.165, 1.54) is 11.6 Å². The Bertz CT molecular complexity index is 957. The summed E-state index contributed by atoms with van der Waals surface area (Å²) in [5, 5.41) is 2.54. The lowest BCUT2D eigenvalue weighted by Gasteiger charge is -2.28. The van der Waals surface area contributed by atoms with Crippen molar-refractivity contribution in [1.29, 1.82) is 0 Å². The Morgan fingerprint density at radius 3 is 2.59 bits per heavy atom. The molecule has 0 aromatic heterocycles. The van der Waals surface area contributed by atoms with Gasteiger partial charge in [-0.1, -0.05) is 35.9 Å². The quantitative estimate of drug-likeness (QED) is 0.755. The van der Waals surface area contributed by atoms with Crippen molar-refractivity contribution in [2.45, 2.75) is 19.1 Å². The van der Waals surface area contributed by atoms with Gasteiger partial charge in [-0.25, -0.2) is 0 Å². The van der Waals surface area contributed by atoms with Crippen LogP contribution in [0.2, 0.25) is 5.02 Å². The minimum atomic E-state index is -4.51. The molecule has 2 aromatic carbocycles. The number of nitrogens with one attached hydrogen (secondary N) is 1. The average molecular weight is 423 g/mol. The van der Waals surface area contributed by atoms with E-state index in [4.69, 9.17) is 11.6 Å². The molecule has 3 rings (SSSR count). The second-order valence-electron chi connectivity index (χ2n) is 6.62. The van der Waals surface area contributed by atoms with Crippen LogP contribution in [-0.2, 0) is 28.7 Å². The fourth-order valence-corrected chi connectivity index (χ4v) is 3.24. The topological polar surface area (TPSA) is 49.4 Å². The van der Waals surface area contributed by atoms with Crippen LogP contribution >= 0.6 is 11.6 Å². The number of halogens is 4. The molecular weight excluding hydrogens is 405 g/mol. The number of fused-ring (bicyclic) bond motifs is 1. The van der Waals surface area contributed by atoms with Gasteiger partial charge in [0.25, 0.3) is 0 Å². The Morgan fingerprint density at radius 1 is 1.14 bits per heavy atom. The fraction of sp³-hybridized carbons (Fsp3) is 0.238. The van der Waals surface area contributed by atoms with Gasteiger partial charge in [0, 0.05) is 24.2 Å². The molecule has 29 heavy (non-hydrogen) atoms. The minimum Gasteiger partial charge on any atom is -0.343 e. The van der Waals surface area contributed by atoms with Gasteiger partial charge in [-0.3, -0.25) is 9.59 Å². The number of hydrogen-bond acceptors (Lipinski definition) is 2. The number of hydrogen-bond donors (Lipinski definition) is 1. The maximum absolute atomic E-state index is 12.8. The number of rotatable bonds is 4. The molecule has 0 radical (unpaired) electrons. The fourth-order valence-electron chi connectivity index (χ4n) is 3.06. The van der Waals surface area contributed by atoms with E-state index >= 15 is 0 Å². The number of carbonyl (C=O) groups is 2. The first-order chi connectivity index (χ1) is 13.7. The van der Waals surface area contributed by atoms with Crippen LogP contribution in [0.15, 0.2) is 48.5 Å². The van der Waals surface area contributed by atoms with E-state index in [2.05, 4.69) is 5.32 Å². The maximum Gasteiger partial charge on any atom is 0.416 e. The van der Waals surface area contributed by atoms with E-state index in [9.17, 15) is 22.8 Å². The Kier molecular flexibility index (Phi) is 6.27. The normalized spacial score (nSPS) is 14.0. The molecule has 0 saturated heterocycles. The van der Waals surface area contributed by atoms with Crippen molar-refractivity contribution in [1.82, 2.24) is 10.2 Å². The van der Waals surface area contributed by atoms with Crippen LogP contribution < -0.4 is 5.32 Å². The highest BCUT2D eigenvalue weighted by molar-refractivity contribution is 6.32. The molecule has 1 aliphatic heterocycles. The number of nitrogens with zero attached hydrogens (tertiary/aromatic N) is 1. The summed E-state index contributed by atoms with van der Waals surface area (Å²) in [7, 11) is 0. The zero-order valence-corrected chi connectivity index (χ0v) is 16.1. The summed E-state index contributed by atoms with van der Waals surface area (Å²) < 4.78 is 38.4. The first kappa shape index (κ1) is 20.9. The molecule has 2 amide bonds. The van der Waals surface area contributed by atoms with E-state index in [1.54, 1.807) is 4.90 Å².